The van der Waals surface area contributed by atoms with Gasteiger partial charge in [-0.1, -0.05) is 182 Å². The summed E-state index contributed by atoms with van der Waals surface area (Å²) in [7, 11) is 0. The quantitative estimate of drug-likeness (QED) is 0.178. The van der Waals surface area contributed by atoms with Crippen LogP contribution in [0.3, 0.4) is 0 Å². The van der Waals surface area contributed by atoms with Gasteiger partial charge in [0.1, 0.15) is 0 Å². The molecule has 0 atom stereocenters. The van der Waals surface area contributed by atoms with Crippen molar-refractivity contribution in [3.63, 3.8) is 0 Å². The number of aromatic nitrogens is 4. The van der Waals surface area contributed by atoms with E-state index in [0.717, 1.165) is 33.2 Å². The Hall–Kier alpha value is -7.60. The Morgan fingerprint density at radius 2 is 0.885 bits per heavy atom. The summed E-state index contributed by atoms with van der Waals surface area (Å²) >= 11 is 1.89. The molecule has 2 aromatic heterocycles. The van der Waals surface area contributed by atoms with E-state index < -0.39 is 5.41 Å². The molecule has 4 nitrogen and oxygen atoms in total. The van der Waals surface area contributed by atoms with E-state index in [0.29, 0.717) is 17.5 Å². The molecule has 11 aromatic rings. The van der Waals surface area contributed by atoms with Gasteiger partial charge in [-0.25, -0.2) is 15.0 Å². The fraction of sp³-hybridized carbons (Fsp3) is 0.0179. The molecule has 0 bridgehead atoms. The van der Waals surface area contributed by atoms with Gasteiger partial charge in [-0.2, -0.15) is 0 Å². The molecule has 1 spiro atoms. The van der Waals surface area contributed by atoms with Gasteiger partial charge in [0, 0.05) is 42.6 Å². The largest absolute Gasteiger partial charge is 0.309 e. The Kier molecular flexibility index (Phi) is 7.42. The van der Waals surface area contributed by atoms with E-state index >= 15 is 0 Å². The van der Waals surface area contributed by atoms with Crippen LogP contribution in [0.5, 0.6) is 0 Å². The van der Waals surface area contributed by atoms with Crippen LogP contribution >= 0.6 is 11.8 Å². The summed E-state index contributed by atoms with van der Waals surface area (Å²) in [5.41, 5.74) is 13.8. The molecule has 1 aliphatic heterocycles. The van der Waals surface area contributed by atoms with E-state index in [1.54, 1.807) is 0 Å². The molecular formula is C56H34N4S. The number of benzene rings is 9. The minimum Gasteiger partial charge on any atom is -0.309 e. The third kappa shape index (κ3) is 4.92. The molecule has 13 rings (SSSR count). The minimum absolute atomic E-state index is 0.475. The molecule has 61 heavy (non-hydrogen) atoms. The van der Waals surface area contributed by atoms with E-state index in [-0.39, 0.29) is 0 Å². The summed E-state index contributed by atoms with van der Waals surface area (Å²) in [6, 6.07) is 74.5. The van der Waals surface area contributed by atoms with Gasteiger partial charge in [0.25, 0.3) is 0 Å². The van der Waals surface area contributed by atoms with Crippen LogP contribution in [-0.2, 0) is 5.41 Å². The lowest BCUT2D eigenvalue weighted by Crippen LogP contribution is -2.32. The van der Waals surface area contributed by atoms with Crippen LogP contribution in [0.2, 0.25) is 0 Å². The van der Waals surface area contributed by atoms with Crippen molar-refractivity contribution in [2.75, 3.05) is 0 Å². The molecule has 0 fully saturated rings. The molecule has 1 aliphatic carbocycles. The average Bonchev–Trinajstić information content (AvgIpc) is 3.81. The number of hydrogen-bond acceptors (Lipinski definition) is 4. The van der Waals surface area contributed by atoms with Crippen LogP contribution in [0.4, 0.5) is 0 Å². The molecule has 0 saturated heterocycles. The summed E-state index contributed by atoms with van der Waals surface area (Å²) in [5, 5.41) is 4.66. The highest BCUT2D eigenvalue weighted by atomic mass is 32.2. The maximum absolute atomic E-state index is 5.15. The van der Waals surface area contributed by atoms with Crippen molar-refractivity contribution in [1.82, 2.24) is 19.5 Å². The zero-order valence-electron chi connectivity index (χ0n) is 32.8. The highest BCUT2D eigenvalue weighted by Crippen LogP contribution is 2.62. The Morgan fingerprint density at radius 1 is 0.344 bits per heavy atom. The fourth-order valence-electron chi connectivity index (χ4n) is 10.2. The van der Waals surface area contributed by atoms with Crippen LogP contribution in [0, 0.1) is 0 Å². The van der Waals surface area contributed by atoms with Crippen molar-refractivity contribution in [2.24, 2.45) is 0 Å². The van der Waals surface area contributed by atoms with Crippen molar-refractivity contribution >= 4 is 44.3 Å². The molecule has 0 unspecified atom stereocenters. The SMILES string of the molecule is c1ccc(-c2nc(-c3ccccc3)nc(-c3ccc(-n4c5ccccc5c5cc6c(cc54)C4(c5ccccc5S6)c5ccccc5-c5ccccc54)c4ccccc34)n2)cc1. The van der Waals surface area contributed by atoms with Crippen molar-refractivity contribution in [1.29, 1.82) is 0 Å². The Morgan fingerprint density at radius 3 is 1.57 bits per heavy atom. The molecule has 0 N–H and O–H groups in total. The van der Waals surface area contributed by atoms with E-state index in [1.807, 2.05) is 48.2 Å². The third-order valence-corrected chi connectivity index (χ3v) is 13.9. The third-order valence-electron chi connectivity index (χ3n) is 12.7. The van der Waals surface area contributed by atoms with E-state index in [1.165, 1.54) is 65.0 Å². The van der Waals surface area contributed by atoms with Gasteiger partial charge < -0.3 is 4.57 Å². The highest BCUT2D eigenvalue weighted by Gasteiger charge is 2.50. The zero-order valence-corrected chi connectivity index (χ0v) is 33.6. The first-order chi connectivity index (χ1) is 30.3. The summed E-state index contributed by atoms with van der Waals surface area (Å²) in [5.74, 6) is 1.93. The van der Waals surface area contributed by atoms with E-state index in [4.69, 9.17) is 15.0 Å². The molecule has 0 amide bonds. The van der Waals surface area contributed by atoms with Gasteiger partial charge in [-0.15, -0.1) is 0 Å². The van der Waals surface area contributed by atoms with Crippen LogP contribution in [0.25, 0.3) is 83.6 Å². The second-order valence-corrected chi connectivity index (χ2v) is 17.0. The molecule has 0 saturated carbocycles. The molecule has 284 valence electrons. The van der Waals surface area contributed by atoms with Crippen LogP contribution < -0.4 is 0 Å². The Bertz CT molecular complexity index is 3470. The van der Waals surface area contributed by atoms with Crippen molar-refractivity contribution in [3.8, 4) is 51.0 Å². The zero-order chi connectivity index (χ0) is 40.1. The standard InChI is InChI=1S/C56H34N4S/c1-3-17-35(18-4-1)53-57-54(36-19-5-2-6-20-36)59-55(58-53)42-31-32-49(40-24-8-7-21-37(40)42)60-48-29-15-11-25-41(48)43-33-52-47(34-50(43)60)56(46-28-14-16-30-51(46)61-52)44-26-12-9-22-38(44)39-23-10-13-27-45(39)56/h1-34H. The van der Waals surface area contributed by atoms with Gasteiger partial charge >= 0.3 is 0 Å². The smallest absolute Gasteiger partial charge is 0.164 e. The first kappa shape index (κ1) is 34.3. The summed E-state index contributed by atoms with van der Waals surface area (Å²) in [6.45, 7) is 0. The topological polar surface area (TPSA) is 43.6 Å². The van der Waals surface area contributed by atoms with Crippen molar-refractivity contribution in [2.45, 2.75) is 15.2 Å². The van der Waals surface area contributed by atoms with Gasteiger partial charge in [0.15, 0.2) is 17.5 Å². The van der Waals surface area contributed by atoms with Crippen LogP contribution in [0.15, 0.2) is 216 Å². The average molecular weight is 795 g/mol. The second-order valence-electron chi connectivity index (χ2n) is 15.9. The first-order valence-electron chi connectivity index (χ1n) is 20.7. The number of para-hydroxylation sites is 1. The first-order valence-corrected chi connectivity index (χ1v) is 21.5. The van der Waals surface area contributed by atoms with Crippen molar-refractivity contribution < 1.29 is 0 Å². The maximum atomic E-state index is 5.15. The summed E-state index contributed by atoms with van der Waals surface area (Å²) < 4.78 is 2.49. The summed E-state index contributed by atoms with van der Waals surface area (Å²) in [4.78, 5) is 17.9. The van der Waals surface area contributed by atoms with Gasteiger partial charge in [-0.05, 0) is 75.2 Å². The Labute approximate surface area is 356 Å². The molecular weight excluding hydrogens is 761 g/mol. The molecule has 2 aliphatic rings. The van der Waals surface area contributed by atoms with E-state index in [9.17, 15) is 0 Å². The molecule has 5 heteroatoms. The molecule has 0 radical (unpaired) electrons. The Balaban J connectivity index is 1.08. The predicted molar refractivity (Wildman–Crippen MR) is 249 cm³/mol. The number of hydrogen-bond donors (Lipinski definition) is 0. The predicted octanol–water partition coefficient (Wildman–Crippen LogP) is 14.0. The molecule has 9 aromatic carbocycles. The number of nitrogens with zero attached hydrogens (tertiary/aromatic N) is 4. The maximum Gasteiger partial charge on any atom is 0.164 e. The number of fused-ring (bicyclic) bond motifs is 13. The van der Waals surface area contributed by atoms with Crippen LogP contribution in [0.1, 0.15) is 22.3 Å². The van der Waals surface area contributed by atoms with Crippen molar-refractivity contribution in [3.05, 3.63) is 229 Å². The highest BCUT2D eigenvalue weighted by molar-refractivity contribution is 7.99. The molecule has 3 heterocycles. The van der Waals surface area contributed by atoms with Gasteiger partial charge in [0.05, 0.1) is 22.1 Å². The number of rotatable bonds is 4. The lowest BCUT2D eigenvalue weighted by Gasteiger charge is -2.39. The van der Waals surface area contributed by atoms with E-state index in [2.05, 4.69) is 174 Å². The lowest BCUT2D eigenvalue weighted by atomic mass is 9.67. The lowest BCUT2D eigenvalue weighted by molar-refractivity contribution is 0.724. The van der Waals surface area contributed by atoms with Crippen LogP contribution in [-0.4, -0.2) is 19.5 Å². The minimum atomic E-state index is -0.475. The second kappa shape index (κ2) is 13.2. The fourth-order valence-corrected chi connectivity index (χ4v) is 11.4. The normalized spacial score (nSPS) is 13.3. The van der Waals surface area contributed by atoms with Gasteiger partial charge in [0.2, 0.25) is 0 Å². The monoisotopic (exact) mass is 794 g/mol. The summed E-state index contributed by atoms with van der Waals surface area (Å²) in [6.07, 6.45) is 0. The van der Waals surface area contributed by atoms with Gasteiger partial charge in [-0.3, -0.25) is 0 Å².